The molecule has 0 unspecified atom stereocenters. The fourth-order valence-corrected chi connectivity index (χ4v) is 8.08. The molecule has 0 N–H and O–H groups in total. The van der Waals surface area contributed by atoms with Crippen molar-refractivity contribution >= 4 is 21.3 Å². The predicted molar refractivity (Wildman–Crippen MR) is 119 cm³/mol. The fraction of sp³-hybridized carbons (Fsp3) is 0.524. The van der Waals surface area contributed by atoms with Gasteiger partial charge in [0.2, 0.25) is 0 Å². The van der Waals surface area contributed by atoms with Crippen LogP contribution >= 0.6 is 15.2 Å². The van der Waals surface area contributed by atoms with Crippen molar-refractivity contribution in [1.29, 1.82) is 0 Å². The van der Waals surface area contributed by atoms with Crippen LogP contribution in [0.2, 0.25) is 0 Å². The Kier molecular flexibility index (Phi) is 11.3. The Labute approximate surface area is 175 Å². The lowest BCUT2D eigenvalue weighted by molar-refractivity contribution is 0.195. The molecule has 164 valence electrons. The summed E-state index contributed by atoms with van der Waals surface area (Å²) in [4.78, 5) is 0. The lowest BCUT2D eigenvalue weighted by atomic mass is 10.1. The van der Waals surface area contributed by atoms with E-state index in [1.54, 1.807) is 27.7 Å². The lowest BCUT2D eigenvalue weighted by Crippen LogP contribution is -2.20. The molecule has 0 aliphatic carbocycles. The summed E-state index contributed by atoms with van der Waals surface area (Å²) in [6, 6.07) is 7.67. The average molecular weight is 444 g/mol. The third kappa shape index (κ3) is 7.97. The molecular weight excluding hydrogens is 410 g/mol. The normalized spacial score (nSPS) is 12.8. The highest BCUT2D eigenvalue weighted by atomic mass is 31.2. The van der Waals surface area contributed by atoms with Crippen molar-refractivity contribution in [2.75, 3.05) is 26.4 Å². The van der Waals surface area contributed by atoms with Gasteiger partial charge in [-0.1, -0.05) is 48.6 Å². The van der Waals surface area contributed by atoms with Gasteiger partial charge in [0, 0.05) is 0 Å². The van der Waals surface area contributed by atoms with Crippen LogP contribution in [-0.2, 0) is 33.6 Å². The number of benzene rings is 1. The first-order chi connectivity index (χ1) is 13.7. The molecule has 0 aromatic heterocycles. The Hall–Kier alpha value is -1.00. The van der Waals surface area contributed by atoms with Gasteiger partial charge in [0.25, 0.3) is 0 Å². The summed E-state index contributed by atoms with van der Waals surface area (Å²) in [7, 11) is -7.50. The van der Waals surface area contributed by atoms with Crippen molar-refractivity contribution in [3.05, 3.63) is 53.6 Å². The summed E-state index contributed by atoms with van der Waals surface area (Å²) < 4.78 is 49.2. The first-order valence-corrected chi connectivity index (χ1v) is 13.2. The minimum Gasteiger partial charge on any atom is -0.308 e. The number of allylic oxidation sites excluding steroid dienone is 2. The van der Waals surface area contributed by atoms with Gasteiger partial charge in [-0.2, -0.15) is 0 Å². The molecule has 0 saturated heterocycles. The van der Waals surface area contributed by atoms with Gasteiger partial charge >= 0.3 is 15.2 Å². The molecular formula is C21H34O6P2. The van der Waals surface area contributed by atoms with Crippen LogP contribution in [0.15, 0.2) is 42.5 Å². The standard InChI is InChI=1S/C21H34O6P2/c1-7-24-28(22,25-8-2)21(29(23,26-9-3)27-10-4)17-20-15-13-19(14-16-20)12-11-18(5)6/h11-16,21H,5,7-10,17H2,1-4,6H3. The zero-order valence-electron chi connectivity index (χ0n) is 18.1. The molecule has 0 aliphatic rings. The molecule has 1 rings (SSSR count). The zero-order chi connectivity index (χ0) is 21.9. The van der Waals surface area contributed by atoms with Crippen LogP contribution in [0.1, 0.15) is 45.7 Å². The lowest BCUT2D eigenvalue weighted by Gasteiger charge is -2.31. The van der Waals surface area contributed by atoms with E-state index >= 15 is 0 Å². The first kappa shape index (κ1) is 26.0. The molecule has 0 amide bonds. The SMILES string of the molecule is C=C(C)C=Cc1ccc(CC(P(=O)(OCC)OCC)P(=O)(OCC)OCC)cc1. The van der Waals surface area contributed by atoms with Crippen LogP contribution in [0.25, 0.3) is 6.08 Å². The molecule has 6 nitrogen and oxygen atoms in total. The summed E-state index contributed by atoms with van der Waals surface area (Å²) in [5.74, 6) is 0. The second kappa shape index (κ2) is 12.6. The van der Waals surface area contributed by atoms with Gasteiger partial charge in [0.05, 0.1) is 26.4 Å². The maximum Gasteiger partial charge on any atom is 0.346 e. The van der Waals surface area contributed by atoms with Gasteiger partial charge in [-0.25, -0.2) is 0 Å². The van der Waals surface area contributed by atoms with Crippen LogP contribution < -0.4 is 0 Å². The van der Waals surface area contributed by atoms with E-state index in [9.17, 15) is 9.13 Å². The highest BCUT2D eigenvalue weighted by Gasteiger charge is 2.50. The molecule has 0 atom stereocenters. The van der Waals surface area contributed by atoms with Crippen LogP contribution in [0.3, 0.4) is 0 Å². The molecule has 1 aromatic carbocycles. The van der Waals surface area contributed by atoms with E-state index in [2.05, 4.69) is 6.58 Å². The zero-order valence-corrected chi connectivity index (χ0v) is 19.9. The summed E-state index contributed by atoms with van der Waals surface area (Å²) >= 11 is 0. The van der Waals surface area contributed by atoms with Crippen molar-refractivity contribution in [2.45, 2.75) is 46.4 Å². The van der Waals surface area contributed by atoms with Crippen molar-refractivity contribution < 1.29 is 27.2 Å². The Morgan fingerprint density at radius 2 is 1.31 bits per heavy atom. The van der Waals surface area contributed by atoms with Gasteiger partial charge in [-0.3, -0.25) is 9.13 Å². The van der Waals surface area contributed by atoms with Gasteiger partial charge in [-0.15, -0.1) is 0 Å². The monoisotopic (exact) mass is 444 g/mol. The van der Waals surface area contributed by atoms with E-state index in [1.807, 2.05) is 43.3 Å². The summed E-state index contributed by atoms with van der Waals surface area (Å²) in [6.07, 6.45) is 4.06. The molecule has 29 heavy (non-hydrogen) atoms. The van der Waals surface area contributed by atoms with Crippen molar-refractivity contribution in [2.24, 2.45) is 0 Å². The van der Waals surface area contributed by atoms with E-state index in [0.29, 0.717) is 0 Å². The minimum absolute atomic E-state index is 0.163. The Balaban J connectivity index is 3.31. The maximum atomic E-state index is 13.6. The van der Waals surface area contributed by atoms with E-state index in [0.717, 1.165) is 16.7 Å². The second-order valence-electron chi connectivity index (χ2n) is 6.36. The van der Waals surface area contributed by atoms with Crippen LogP contribution in [-0.4, -0.2) is 31.8 Å². The molecule has 0 radical (unpaired) electrons. The number of rotatable bonds is 14. The average Bonchev–Trinajstić information content (AvgIpc) is 2.66. The quantitative estimate of drug-likeness (QED) is 0.236. The van der Waals surface area contributed by atoms with Crippen LogP contribution in [0.5, 0.6) is 0 Å². The van der Waals surface area contributed by atoms with Crippen LogP contribution in [0, 0.1) is 0 Å². The summed E-state index contributed by atoms with van der Waals surface area (Å²) in [5, 5.41) is -1.05. The highest BCUT2D eigenvalue weighted by Crippen LogP contribution is 2.71. The third-order valence-electron chi connectivity index (χ3n) is 3.92. The largest absolute Gasteiger partial charge is 0.346 e. The smallest absolute Gasteiger partial charge is 0.308 e. The predicted octanol–water partition coefficient (Wildman–Crippen LogP) is 6.68. The van der Waals surface area contributed by atoms with Crippen molar-refractivity contribution in [3.8, 4) is 0 Å². The van der Waals surface area contributed by atoms with E-state index in [4.69, 9.17) is 18.1 Å². The number of hydrogen-bond donors (Lipinski definition) is 0. The molecule has 0 saturated carbocycles. The molecule has 0 aliphatic heterocycles. The van der Waals surface area contributed by atoms with E-state index in [-0.39, 0.29) is 32.8 Å². The Morgan fingerprint density at radius 3 is 1.66 bits per heavy atom. The third-order valence-corrected chi connectivity index (χ3v) is 9.92. The fourth-order valence-electron chi connectivity index (χ4n) is 2.75. The summed E-state index contributed by atoms with van der Waals surface area (Å²) in [5.41, 5.74) is 2.79. The van der Waals surface area contributed by atoms with E-state index in [1.165, 1.54) is 0 Å². The number of hydrogen-bond acceptors (Lipinski definition) is 6. The molecule has 0 fully saturated rings. The van der Waals surface area contributed by atoms with Gasteiger partial charge in [0.1, 0.15) is 0 Å². The van der Waals surface area contributed by atoms with Gasteiger partial charge in [-0.05, 0) is 52.2 Å². The molecule has 0 bridgehead atoms. The maximum absolute atomic E-state index is 13.6. The summed E-state index contributed by atoms with van der Waals surface area (Å²) in [6.45, 7) is 13.3. The molecule has 0 spiro atoms. The molecule has 0 heterocycles. The Bertz CT molecular complexity index is 707. The minimum atomic E-state index is -3.75. The van der Waals surface area contributed by atoms with Crippen LogP contribution in [0.4, 0.5) is 0 Å². The Morgan fingerprint density at radius 1 is 0.897 bits per heavy atom. The van der Waals surface area contributed by atoms with Gasteiger partial charge in [0.15, 0.2) is 5.40 Å². The van der Waals surface area contributed by atoms with E-state index < -0.39 is 20.6 Å². The first-order valence-electron chi connectivity index (χ1n) is 9.94. The van der Waals surface area contributed by atoms with Gasteiger partial charge < -0.3 is 18.1 Å². The van der Waals surface area contributed by atoms with Crippen molar-refractivity contribution in [3.63, 3.8) is 0 Å². The molecule has 8 heteroatoms. The topological polar surface area (TPSA) is 71.1 Å². The molecule has 1 aromatic rings. The van der Waals surface area contributed by atoms with Crippen molar-refractivity contribution in [1.82, 2.24) is 0 Å². The second-order valence-corrected chi connectivity index (χ2v) is 11.2. The highest BCUT2D eigenvalue weighted by molar-refractivity contribution is 7.72.